The highest BCUT2D eigenvalue weighted by Crippen LogP contribution is 2.25. The maximum atomic E-state index is 11.9. The maximum Gasteiger partial charge on any atom is 0.176 e. The van der Waals surface area contributed by atoms with Crippen LogP contribution < -0.4 is 0 Å². The van der Waals surface area contributed by atoms with Crippen LogP contribution in [0, 0.1) is 0 Å². The number of benzene rings is 1. The molecule has 1 fully saturated rings. The van der Waals surface area contributed by atoms with E-state index in [2.05, 4.69) is 20.8 Å². The van der Waals surface area contributed by atoms with Crippen molar-refractivity contribution in [3.63, 3.8) is 0 Å². The number of halogens is 1. The van der Waals surface area contributed by atoms with Crippen molar-refractivity contribution >= 4 is 21.7 Å². The lowest BCUT2D eigenvalue weighted by Crippen LogP contribution is -2.27. The van der Waals surface area contributed by atoms with Crippen LogP contribution in [-0.2, 0) is 0 Å². The topological polar surface area (TPSA) is 20.3 Å². The molecule has 0 aliphatic heterocycles. The van der Waals surface area contributed by atoms with E-state index < -0.39 is 0 Å². The standard InChI is InChI=1S/C12H14BrNO/c1-14(11-5-6-11)8-12(15)9-3-2-4-10(13)7-9/h2-4,7,11H,5-6,8H2,1H3. The first kappa shape index (κ1) is 10.8. The van der Waals surface area contributed by atoms with Gasteiger partial charge in [-0.3, -0.25) is 9.69 Å². The number of carbonyl (C=O) groups is 1. The molecule has 0 amide bonds. The average Bonchev–Trinajstić information content (AvgIpc) is 3.00. The molecule has 2 rings (SSSR count). The molecule has 2 nitrogen and oxygen atoms in total. The molecule has 0 aromatic heterocycles. The van der Waals surface area contributed by atoms with Gasteiger partial charge in [0, 0.05) is 16.1 Å². The van der Waals surface area contributed by atoms with Gasteiger partial charge in [-0.05, 0) is 32.0 Å². The number of carbonyl (C=O) groups excluding carboxylic acids is 1. The van der Waals surface area contributed by atoms with Crippen molar-refractivity contribution in [3.8, 4) is 0 Å². The molecule has 0 atom stereocenters. The van der Waals surface area contributed by atoms with Crippen LogP contribution in [0.25, 0.3) is 0 Å². The van der Waals surface area contributed by atoms with E-state index in [4.69, 9.17) is 0 Å². The van der Waals surface area contributed by atoms with Crippen LogP contribution in [0.1, 0.15) is 23.2 Å². The molecule has 0 bridgehead atoms. The number of rotatable bonds is 4. The molecule has 80 valence electrons. The highest BCUT2D eigenvalue weighted by Gasteiger charge is 2.27. The zero-order chi connectivity index (χ0) is 10.8. The summed E-state index contributed by atoms with van der Waals surface area (Å²) in [5.41, 5.74) is 0.789. The molecule has 0 heterocycles. The summed E-state index contributed by atoms with van der Waals surface area (Å²) >= 11 is 3.37. The van der Waals surface area contributed by atoms with Gasteiger partial charge in [0.1, 0.15) is 0 Å². The average molecular weight is 268 g/mol. The van der Waals surface area contributed by atoms with Crippen LogP contribution >= 0.6 is 15.9 Å². The molecular weight excluding hydrogens is 254 g/mol. The fourth-order valence-corrected chi connectivity index (χ4v) is 2.02. The van der Waals surface area contributed by atoms with E-state index in [1.54, 1.807) is 0 Å². The number of hydrogen-bond donors (Lipinski definition) is 0. The van der Waals surface area contributed by atoms with Crippen LogP contribution in [0.2, 0.25) is 0 Å². The van der Waals surface area contributed by atoms with Crippen LogP contribution in [0.4, 0.5) is 0 Å². The molecule has 1 aliphatic carbocycles. The minimum Gasteiger partial charge on any atom is -0.296 e. The van der Waals surface area contributed by atoms with E-state index in [0.717, 1.165) is 10.0 Å². The van der Waals surface area contributed by atoms with E-state index in [-0.39, 0.29) is 5.78 Å². The number of Topliss-reactive ketones (excluding diaryl/α,β-unsaturated/α-hetero) is 1. The third-order valence-electron chi connectivity index (χ3n) is 2.71. The first-order chi connectivity index (χ1) is 7.16. The van der Waals surface area contributed by atoms with Gasteiger partial charge in [-0.2, -0.15) is 0 Å². The summed E-state index contributed by atoms with van der Waals surface area (Å²) in [5.74, 6) is 0.200. The molecule has 3 heteroatoms. The van der Waals surface area contributed by atoms with Crippen molar-refractivity contribution in [2.45, 2.75) is 18.9 Å². The molecule has 1 aromatic rings. The third kappa shape index (κ3) is 2.89. The Kier molecular flexibility index (Phi) is 3.22. The number of ketones is 1. The highest BCUT2D eigenvalue weighted by atomic mass is 79.9. The van der Waals surface area contributed by atoms with Gasteiger partial charge in [-0.15, -0.1) is 0 Å². The van der Waals surface area contributed by atoms with Gasteiger partial charge in [0.15, 0.2) is 5.78 Å². The fraction of sp³-hybridized carbons (Fsp3) is 0.417. The van der Waals surface area contributed by atoms with Crippen molar-refractivity contribution in [2.75, 3.05) is 13.6 Å². The molecule has 0 saturated heterocycles. The van der Waals surface area contributed by atoms with Crippen molar-refractivity contribution in [3.05, 3.63) is 34.3 Å². The second-order valence-electron chi connectivity index (χ2n) is 4.08. The van der Waals surface area contributed by atoms with Crippen LogP contribution in [0.5, 0.6) is 0 Å². The lowest BCUT2D eigenvalue weighted by molar-refractivity contribution is 0.0942. The normalized spacial score (nSPS) is 15.7. The first-order valence-electron chi connectivity index (χ1n) is 5.16. The molecule has 0 radical (unpaired) electrons. The molecule has 0 unspecified atom stereocenters. The summed E-state index contributed by atoms with van der Waals surface area (Å²) in [6.45, 7) is 0.529. The molecular formula is C12H14BrNO. The Morgan fingerprint density at radius 2 is 2.27 bits per heavy atom. The fourth-order valence-electron chi connectivity index (χ4n) is 1.62. The second-order valence-corrected chi connectivity index (χ2v) is 5.00. The van der Waals surface area contributed by atoms with Crippen LogP contribution in [0.15, 0.2) is 28.7 Å². The molecule has 0 spiro atoms. The minimum absolute atomic E-state index is 0.200. The zero-order valence-electron chi connectivity index (χ0n) is 8.74. The van der Waals surface area contributed by atoms with E-state index in [9.17, 15) is 4.79 Å². The minimum atomic E-state index is 0.200. The Balaban J connectivity index is 2.00. The monoisotopic (exact) mass is 267 g/mol. The summed E-state index contributed by atoms with van der Waals surface area (Å²) in [6, 6.07) is 8.22. The largest absolute Gasteiger partial charge is 0.296 e. The molecule has 1 aliphatic rings. The number of likely N-dealkylation sites (N-methyl/N-ethyl adjacent to an activating group) is 1. The Morgan fingerprint density at radius 3 is 2.87 bits per heavy atom. The van der Waals surface area contributed by atoms with Gasteiger partial charge < -0.3 is 0 Å². The first-order valence-corrected chi connectivity index (χ1v) is 5.95. The highest BCUT2D eigenvalue weighted by molar-refractivity contribution is 9.10. The number of hydrogen-bond acceptors (Lipinski definition) is 2. The summed E-state index contributed by atoms with van der Waals surface area (Å²) in [4.78, 5) is 14.0. The Bertz CT molecular complexity index is 374. The summed E-state index contributed by atoms with van der Waals surface area (Å²) in [7, 11) is 2.02. The van der Waals surface area contributed by atoms with Gasteiger partial charge in [0.05, 0.1) is 6.54 Å². The van der Waals surface area contributed by atoms with Gasteiger partial charge in [0.2, 0.25) is 0 Å². The van der Waals surface area contributed by atoms with Crippen molar-refractivity contribution in [2.24, 2.45) is 0 Å². The maximum absolute atomic E-state index is 11.9. The van der Waals surface area contributed by atoms with E-state index in [0.29, 0.717) is 12.6 Å². The predicted octanol–water partition coefficient (Wildman–Crippen LogP) is 2.73. The lowest BCUT2D eigenvalue weighted by Gasteiger charge is -2.14. The van der Waals surface area contributed by atoms with Gasteiger partial charge in [0.25, 0.3) is 0 Å². The molecule has 1 saturated carbocycles. The summed E-state index contributed by atoms with van der Waals surface area (Å²) in [6.07, 6.45) is 2.48. The van der Waals surface area contributed by atoms with E-state index in [1.165, 1.54) is 12.8 Å². The predicted molar refractivity (Wildman–Crippen MR) is 64.1 cm³/mol. The smallest absolute Gasteiger partial charge is 0.176 e. The molecule has 15 heavy (non-hydrogen) atoms. The van der Waals surface area contributed by atoms with Crippen LogP contribution in [0.3, 0.4) is 0 Å². The molecule has 1 aromatic carbocycles. The Morgan fingerprint density at radius 1 is 1.53 bits per heavy atom. The Labute approximate surface area is 98.4 Å². The van der Waals surface area contributed by atoms with Crippen molar-refractivity contribution in [1.82, 2.24) is 4.90 Å². The van der Waals surface area contributed by atoms with Crippen molar-refractivity contribution in [1.29, 1.82) is 0 Å². The second kappa shape index (κ2) is 4.45. The lowest BCUT2D eigenvalue weighted by atomic mass is 10.1. The zero-order valence-corrected chi connectivity index (χ0v) is 10.3. The van der Waals surface area contributed by atoms with Crippen LogP contribution in [-0.4, -0.2) is 30.3 Å². The van der Waals surface area contributed by atoms with Gasteiger partial charge in [-0.1, -0.05) is 28.1 Å². The molecule has 0 N–H and O–H groups in total. The Hall–Kier alpha value is -0.670. The van der Waals surface area contributed by atoms with E-state index >= 15 is 0 Å². The van der Waals surface area contributed by atoms with Crippen molar-refractivity contribution < 1.29 is 4.79 Å². The SMILES string of the molecule is CN(CC(=O)c1cccc(Br)c1)C1CC1. The number of nitrogens with zero attached hydrogens (tertiary/aromatic N) is 1. The third-order valence-corrected chi connectivity index (χ3v) is 3.20. The van der Waals surface area contributed by atoms with Gasteiger partial charge in [-0.25, -0.2) is 0 Å². The van der Waals surface area contributed by atoms with E-state index in [1.807, 2.05) is 31.3 Å². The summed E-state index contributed by atoms with van der Waals surface area (Å²) < 4.78 is 0.961. The quantitative estimate of drug-likeness (QED) is 0.782. The summed E-state index contributed by atoms with van der Waals surface area (Å²) in [5, 5.41) is 0. The van der Waals surface area contributed by atoms with Gasteiger partial charge >= 0.3 is 0 Å².